The van der Waals surface area contributed by atoms with Gasteiger partial charge in [-0.1, -0.05) is 5.16 Å². The number of carbonyl (C=O) groups excluding carboxylic acids is 1. The molecule has 0 aliphatic carbocycles. The van der Waals surface area contributed by atoms with Gasteiger partial charge in [-0.2, -0.15) is 0 Å². The molecular weight excluding hydrogens is 120 g/mol. The molecule has 0 aliphatic rings. The van der Waals surface area contributed by atoms with Gasteiger partial charge in [-0.3, -0.25) is 0 Å². The van der Waals surface area contributed by atoms with Crippen LogP contribution in [0.2, 0.25) is 0 Å². The molecule has 1 aromatic heterocycles. The van der Waals surface area contributed by atoms with Gasteiger partial charge in [-0.25, -0.2) is 0 Å². The molecular formula is C5H6N2O2. The fourth-order valence-electron chi connectivity index (χ4n) is 0.464. The Morgan fingerprint density at radius 2 is 2.67 bits per heavy atom. The van der Waals surface area contributed by atoms with Crippen LogP contribution in [0.25, 0.3) is 0 Å². The fraction of sp³-hybridized carbons (Fsp3) is 0.200. The van der Waals surface area contributed by atoms with Crippen LogP contribution >= 0.6 is 0 Å². The summed E-state index contributed by atoms with van der Waals surface area (Å²) in [4.78, 5) is 10.00. The van der Waals surface area contributed by atoms with E-state index in [-0.39, 0.29) is 0 Å². The van der Waals surface area contributed by atoms with Gasteiger partial charge in [0.2, 0.25) is 0 Å². The summed E-state index contributed by atoms with van der Waals surface area (Å²) in [5, 5.41) is 3.46. The maximum atomic E-state index is 10.00. The van der Waals surface area contributed by atoms with E-state index in [0.717, 1.165) is 0 Å². The summed E-state index contributed by atoms with van der Waals surface area (Å²) in [6.07, 6.45) is 1.98. The van der Waals surface area contributed by atoms with E-state index in [1.807, 2.05) is 0 Å². The van der Waals surface area contributed by atoms with Gasteiger partial charge < -0.3 is 15.1 Å². The predicted octanol–water partition coefficient (Wildman–Crippen LogP) is -0.127. The molecule has 1 rings (SSSR count). The molecule has 4 nitrogen and oxygen atoms in total. The zero-order valence-corrected chi connectivity index (χ0v) is 4.65. The lowest BCUT2D eigenvalue weighted by Gasteiger charge is -1.92. The minimum absolute atomic E-state index is 0.463. The number of nitrogens with two attached hydrogens (primary N) is 1. The predicted molar refractivity (Wildman–Crippen MR) is 29.5 cm³/mol. The van der Waals surface area contributed by atoms with E-state index in [2.05, 4.69) is 9.68 Å². The van der Waals surface area contributed by atoms with Crippen LogP contribution in [0.3, 0.4) is 0 Å². The Hall–Kier alpha value is -1.16. The first-order valence-electron chi connectivity index (χ1n) is 2.45. The molecule has 0 saturated carbocycles. The molecule has 2 N–H and O–H groups in total. The number of aldehydes is 1. The van der Waals surface area contributed by atoms with Crippen molar-refractivity contribution in [1.29, 1.82) is 0 Å². The average molecular weight is 126 g/mol. The molecule has 0 spiro atoms. The second-order valence-electron chi connectivity index (χ2n) is 1.59. The normalized spacial score (nSPS) is 13.0. The molecule has 48 valence electrons. The number of aromatic nitrogens is 1. The third kappa shape index (κ3) is 1.14. The van der Waals surface area contributed by atoms with E-state index in [1.54, 1.807) is 6.07 Å². The van der Waals surface area contributed by atoms with Crippen LogP contribution in [-0.4, -0.2) is 11.4 Å². The van der Waals surface area contributed by atoms with E-state index in [4.69, 9.17) is 5.73 Å². The van der Waals surface area contributed by atoms with Crippen molar-refractivity contribution in [2.75, 3.05) is 0 Å². The molecule has 0 radical (unpaired) electrons. The smallest absolute Gasteiger partial charge is 0.142 e. The Balaban J connectivity index is 2.76. The van der Waals surface area contributed by atoms with Gasteiger partial charge in [-0.05, 0) is 0 Å². The molecule has 0 amide bonds. The maximum Gasteiger partial charge on any atom is 0.142 e. The van der Waals surface area contributed by atoms with Gasteiger partial charge in [0, 0.05) is 6.07 Å². The first-order chi connectivity index (χ1) is 4.34. The van der Waals surface area contributed by atoms with E-state index in [9.17, 15) is 4.79 Å². The summed E-state index contributed by atoms with van der Waals surface area (Å²) in [6, 6.07) is 0.905. The second kappa shape index (κ2) is 2.41. The van der Waals surface area contributed by atoms with Gasteiger partial charge in [0.05, 0.1) is 0 Å². The summed E-state index contributed by atoms with van der Waals surface area (Å²) in [7, 11) is 0. The molecule has 9 heavy (non-hydrogen) atoms. The lowest BCUT2D eigenvalue weighted by Crippen LogP contribution is -2.11. The topological polar surface area (TPSA) is 69.1 Å². The number of rotatable bonds is 2. The summed E-state index contributed by atoms with van der Waals surface area (Å²) in [5.41, 5.74) is 5.71. The van der Waals surface area contributed by atoms with Crippen LogP contribution in [-0.2, 0) is 4.79 Å². The van der Waals surface area contributed by atoms with Gasteiger partial charge in [0.1, 0.15) is 24.3 Å². The fourth-order valence-corrected chi connectivity index (χ4v) is 0.464. The Bertz CT molecular complexity index is 183. The lowest BCUT2D eigenvalue weighted by atomic mass is 10.2. The van der Waals surface area contributed by atoms with Crippen LogP contribution in [0.5, 0.6) is 0 Å². The zero-order chi connectivity index (χ0) is 6.69. The molecule has 1 heterocycles. The van der Waals surface area contributed by atoms with Crippen LogP contribution in [0.1, 0.15) is 11.7 Å². The standard InChI is InChI=1S/C5H6N2O2/c6-4(3-8)5-1-2-9-7-5/h1-4H,6H2. The van der Waals surface area contributed by atoms with E-state index >= 15 is 0 Å². The van der Waals surface area contributed by atoms with Crippen molar-refractivity contribution < 1.29 is 9.32 Å². The highest BCUT2D eigenvalue weighted by Crippen LogP contribution is 2.01. The van der Waals surface area contributed by atoms with Crippen LogP contribution < -0.4 is 5.73 Å². The third-order valence-corrected chi connectivity index (χ3v) is 0.946. The largest absolute Gasteiger partial charge is 0.364 e. The van der Waals surface area contributed by atoms with Crippen molar-refractivity contribution >= 4 is 6.29 Å². The van der Waals surface area contributed by atoms with Gasteiger partial charge >= 0.3 is 0 Å². The summed E-state index contributed by atoms with van der Waals surface area (Å²) >= 11 is 0. The minimum Gasteiger partial charge on any atom is -0.364 e. The monoisotopic (exact) mass is 126 g/mol. The van der Waals surface area contributed by atoms with E-state index in [1.165, 1.54) is 6.26 Å². The van der Waals surface area contributed by atoms with E-state index in [0.29, 0.717) is 12.0 Å². The van der Waals surface area contributed by atoms with Crippen molar-refractivity contribution in [1.82, 2.24) is 5.16 Å². The summed E-state index contributed by atoms with van der Waals surface area (Å²) in [6.45, 7) is 0. The molecule has 1 unspecified atom stereocenters. The Labute approximate surface area is 51.6 Å². The SMILES string of the molecule is NC(C=O)c1ccon1. The number of nitrogens with zero attached hydrogens (tertiary/aromatic N) is 1. The van der Waals surface area contributed by atoms with Crippen molar-refractivity contribution in [2.45, 2.75) is 6.04 Å². The quantitative estimate of drug-likeness (QED) is 0.560. The van der Waals surface area contributed by atoms with Crippen LogP contribution in [0.15, 0.2) is 16.9 Å². The third-order valence-electron chi connectivity index (χ3n) is 0.946. The van der Waals surface area contributed by atoms with Crippen LogP contribution in [0, 0.1) is 0 Å². The molecule has 0 saturated heterocycles. The number of carbonyl (C=O) groups is 1. The van der Waals surface area contributed by atoms with Gasteiger partial charge in [-0.15, -0.1) is 0 Å². The Morgan fingerprint density at radius 3 is 3.11 bits per heavy atom. The minimum atomic E-state index is -0.649. The maximum absolute atomic E-state index is 10.00. The van der Waals surface area contributed by atoms with Gasteiger partial charge in [0.15, 0.2) is 0 Å². The van der Waals surface area contributed by atoms with Crippen molar-refractivity contribution in [3.63, 3.8) is 0 Å². The molecule has 0 fully saturated rings. The second-order valence-corrected chi connectivity index (χ2v) is 1.59. The average Bonchev–Trinajstić information content (AvgIpc) is 2.37. The first-order valence-corrected chi connectivity index (χ1v) is 2.45. The highest BCUT2D eigenvalue weighted by Gasteiger charge is 2.05. The molecule has 4 heteroatoms. The van der Waals surface area contributed by atoms with E-state index < -0.39 is 6.04 Å². The Kier molecular flexibility index (Phi) is 1.60. The summed E-state index contributed by atoms with van der Waals surface area (Å²) in [5.74, 6) is 0. The molecule has 1 aromatic rings. The first kappa shape index (κ1) is 5.97. The number of hydrogen-bond donors (Lipinski definition) is 1. The highest BCUT2D eigenvalue weighted by atomic mass is 16.5. The van der Waals surface area contributed by atoms with Gasteiger partial charge in [0.25, 0.3) is 0 Å². The van der Waals surface area contributed by atoms with Crippen LogP contribution in [0.4, 0.5) is 0 Å². The Morgan fingerprint density at radius 1 is 1.89 bits per heavy atom. The molecule has 0 bridgehead atoms. The molecule has 0 aromatic carbocycles. The van der Waals surface area contributed by atoms with Crippen molar-refractivity contribution in [3.05, 3.63) is 18.0 Å². The number of hydrogen-bond acceptors (Lipinski definition) is 4. The zero-order valence-electron chi connectivity index (χ0n) is 4.65. The molecule has 0 aliphatic heterocycles. The highest BCUT2D eigenvalue weighted by molar-refractivity contribution is 5.59. The lowest BCUT2D eigenvalue weighted by molar-refractivity contribution is -0.109. The van der Waals surface area contributed by atoms with Crippen molar-refractivity contribution in [2.24, 2.45) is 5.73 Å². The molecule has 1 atom stereocenters. The summed E-state index contributed by atoms with van der Waals surface area (Å²) < 4.78 is 4.45. The van der Waals surface area contributed by atoms with Crippen molar-refractivity contribution in [3.8, 4) is 0 Å².